The minimum Gasteiger partial charge on any atom is -0.491 e. The number of benzene rings is 1. The SMILES string of the molecule is COCCN(C)C(=O)CCOc1ccccc1N. The molecule has 0 aliphatic heterocycles. The summed E-state index contributed by atoms with van der Waals surface area (Å²) in [6.45, 7) is 1.45. The molecule has 0 bridgehead atoms. The second kappa shape index (κ2) is 7.55. The van der Waals surface area contributed by atoms with Gasteiger partial charge >= 0.3 is 0 Å². The number of nitrogens with two attached hydrogens (primary N) is 1. The van der Waals surface area contributed by atoms with Crippen LogP contribution in [0.5, 0.6) is 5.75 Å². The van der Waals surface area contributed by atoms with Gasteiger partial charge in [0.25, 0.3) is 0 Å². The number of nitrogen functional groups attached to an aromatic ring is 1. The lowest BCUT2D eigenvalue weighted by Gasteiger charge is -2.16. The molecule has 0 aliphatic carbocycles. The highest BCUT2D eigenvalue weighted by atomic mass is 16.5. The number of hydrogen-bond donors (Lipinski definition) is 1. The van der Waals surface area contributed by atoms with Crippen molar-refractivity contribution in [1.29, 1.82) is 0 Å². The Morgan fingerprint density at radius 3 is 2.72 bits per heavy atom. The van der Waals surface area contributed by atoms with Gasteiger partial charge in [-0.15, -0.1) is 0 Å². The van der Waals surface area contributed by atoms with Crippen LogP contribution in [0.25, 0.3) is 0 Å². The summed E-state index contributed by atoms with van der Waals surface area (Å²) in [5.41, 5.74) is 6.31. The fourth-order valence-corrected chi connectivity index (χ4v) is 1.40. The third kappa shape index (κ3) is 4.63. The van der Waals surface area contributed by atoms with Crippen molar-refractivity contribution in [2.24, 2.45) is 0 Å². The van der Waals surface area contributed by atoms with Crippen LogP contribution in [0.4, 0.5) is 5.69 Å². The first-order chi connectivity index (χ1) is 8.65. The van der Waals surface area contributed by atoms with E-state index in [0.717, 1.165) is 0 Å². The minimum atomic E-state index is 0.0292. The summed E-state index contributed by atoms with van der Waals surface area (Å²) < 4.78 is 10.4. The smallest absolute Gasteiger partial charge is 0.225 e. The Balaban J connectivity index is 2.29. The molecule has 0 aromatic heterocycles. The predicted molar refractivity (Wildman–Crippen MR) is 70.5 cm³/mol. The molecule has 1 rings (SSSR count). The second-order valence-electron chi connectivity index (χ2n) is 3.94. The van der Waals surface area contributed by atoms with Crippen molar-refractivity contribution in [3.05, 3.63) is 24.3 Å². The average molecular weight is 252 g/mol. The van der Waals surface area contributed by atoms with Crippen molar-refractivity contribution in [3.8, 4) is 5.75 Å². The first-order valence-corrected chi connectivity index (χ1v) is 5.85. The number of nitrogens with zero attached hydrogens (tertiary/aromatic N) is 1. The predicted octanol–water partition coefficient (Wildman–Crippen LogP) is 1.14. The molecule has 0 heterocycles. The van der Waals surface area contributed by atoms with Crippen molar-refractivity contribution in [3.63, 3.8) is 0 Å². The van der Waals surface area contributed by atoms with Crippen LogP contribution in [-0.4, -0.2) is 44.7 Å². The second-order valence-corrected chi connectivity index (χ2v) is 3.94. The maximum atomic E-state index is 11.7. The molecule has 1 aromatic carbocycles. The number of ether oxygens (including phenoxy) is 2. The molecule has 0 radical (unpaired) electrons. The largest absolute Gasteiger partial charge is 0.491 e. The highest BCUT2D eigenvalue weighted by molar-refractivity contribution is 5.76. The number of carbonyl (C=O) groups is 1. The number of amides is 1. The molecule has 5 nitrogen and oxygen atoms in total. The topological polar surface area (TPSA) is 64.8 Å². The van der Waals surface area contributed by atoms with Crippen LogP contribution in [-0.2, 0) is 9.53 Å². The van der Waals surface area contributed by atoms with E-state index in [1.54, 1.807) is 31.2 Å². The lowest BCUT2D eigenvalue weighted by Crippen LogP contribution is -2.30. The molecule has 5 heteroatoms. The fraction of sp³-hybridized carbons (Fsp3) is 0.462. The van der Waals surface area contributed by atoms with E-state index in [1.165, 1.54) is 0 Å². The van der Waals surface area contributed by atoms with Crippen LogP contribution in [0.1, 0.15) is 6.42 Å². The highest BCUT2D eigenvalue weighted by Crippen LogP contribution is 2.19. The van der Waals surface area contributed by atoms with Gasteiger partial charge in [-0.25, -0.2) is 0 Å². The van der Waals surface area contributed by atoms with Gasteiger partial charge in [0.05, 0.1) is 25.3 Å². The molecular formula is C13H20N2O3. The summed E-state index contributed by atoms with van der Waals surface area (Å²) in [5, 5.41) is 0. The summed E-state index contributed by atoms with van der Waals surface area (Å²) in [6.07, 6.45) is 0.328. The molecule has 0 aliphatic rings. The zero-order valence-electron chi connectivity index (χ0n) is 10.9. The first kappa shape index (κ1) is 14.3. The zero-order chi connectivity index (χ0) is 13.4. The van der Waals surface area contributed by atoms with Crippen LogP contribution in [0.3, 0.4) is 0 Å². The van der Waals surface area contributed by atoms with Gasteiger partial charge in [0.1, 0.15) is 5.75 Å². The lowest BCUT2D eigenvalue weighted by molar-refractivity contribution is -0.130. The molecule has 0 unspecified atom stereocenters. The normalized spacial score (nSPS) is 10.1. The number of carbonyl (C=O) groups excluding carboxylic acids is 1. The molecule has 1 aromatic rings. The summed E-state index contributed by atoms with van der Waals surface area (Å²) in [4.78, 5) is 13.3. The molecule has 100 valence electrons. The number of para-hydroxylation sites is 2. The molecule has 2 N–H and O–H groups in total. The molecule has 0 spiro atoms. The van der Waals surface area contributed by atoms with E-state index >= 15 is 0 Å². The van der Waals surface area contributed by atoms with Crippen molar-refractivity contribution >= 4 is 11.6 Å². The van der Waals surface area contributed by atoms with Gasteiger partial charge in [-0.1, -0.05) is 12.1 Å². The van der Waals surface area contributed by atoms with Crippen LogP contribution >= 0.6 is 0 Å². The van der Waals surface area contributed by atoms with E-state index in [0.29, 0.717) is 37.6 Å². The Bertz CT molecular complexity index is 382. The summed E-state index contributed by atoms with van der Waals surface area (Å²) in [7, 11) is 3.36. The van der Waals surface area contributed by atoms with Crippen LogP contribution in [0, 0.1) is 0 Å². The number of hydrogen-bond acceptors (Lipinski definition) is 4. The van der Waals surface area contributed by atoms with E-state index in [-0.39, 0.29) is 5.91 Å². The Morgan fingerprint density at radius 1 is 1.33 bits per heavy atom. The van der Waals surface area contributed by atoms with Gasteiger partial charge < -0.3 is 20.1 Å². The van der Waals surface area contributed by atoms with E-state index < -0.39 is 0 Å². The van der Waals surface area contributed by atoms with Crippen molar-refractivity contribution in [2.75, 3.05) is 39.6 Å². The molecule has 0 fully saturated rings. The number of anilines is 1. The molecular weight excluding hydrogens is 232 g/mol. The zero-order valence-corrected chi connectivity index (χ0v) is 10.9. The third-order valence-corrected chi connectivity index (χ3v) is 2.55. The third-order valence-electron chi connectivity index (χ3n) is 2.55. The number of methoxy groups -OCH3 is 1. The van der Waals surface area contributed by atoms with Gasteiger partial charge in [0.15, 0.2) is 0 Å². The molecule has 0 saturated carbocycles. The van der Waals surface area contributed by atoms with Gasteiger partial charge in [-0.2, -0.15) is 0 Å². The van der Waals surface area contributed by atoms with Gasteiger partial charge in [0.2, 0.25) is 5.91 Å². The standard InChI is InChI=1S/C13H20N2O3/c1-15(8-10-17-2)13(16)7-9-18-12-6-4-3-5-11(12)14/h3-6H,7-10,14H2,1-2H3. The van der Waals surface area contributed by atoms with Crippen molar-refractivity contribution in [1.82, 2.24) is 4.90 Å². The number of rotatable bonds is 7. The monoisotopic (exact) mass is 252 g/mol. The minimum absolute atomic E-state index is 0.0292. The Labute approximate surface area is 107 Å². The summed E-state index contributed by atoms with van der Waals surface area (Å²) in [6, 6.07) is 7.24. The number of likely N-dealkylation sites (N-methyl/N-ethyl adjacent to an activating group) is 1. The average Bonchev–Trinajstić information content (AvgIpc) is 2.38. The fourth-order valence-electron chi connectivity index (χ4n) is 1.40. The van der Waals surface area contributed by atoms with Gasteiger partial charge in [0, 0.05) is 20.7 Å². The molecule has 0 atom stereocenters. The van der Waals surface area contributed by atoms with Crippen molar-refractivity contribution in [2.45, 2.75) is 6.42 Å². The Morgan fingerprint density at radius 2 is 2.06 bits per heavy atom. The summed E-state index contributed by atoms with van der Waals surface area (Å²) in [5.74, 6) is 0.645. The maximum Gasteiger partial charge on any atom is 0.225 e. The van der Waals surface area contributed by atoms with Gasteiger partial charge in [-0.05, 0) is 12.1 Å². The molecule has 18 heavy (non-hydrogen) atoms. The Hall–Kier alpha value is -1.75. The quantitative estimate of drug-likeness (QED) is 0.739. The van der Waals surface area contributed by atoms with Crippen LogP contribution in [0.15, 0.2) is 24.3 Å². The van der Waals surface area contributed by atoms with E-state index in [9.17, 15) is 4.79 Å². The molecule has 0 saturated heterocycles. The lowest BCUT2D eigenvalue weighted by atomic mass is 10.3. The maximum absolute atomic E-state index is 11.7. The van der Waals surface area contributed by atoms with Crippen molar-refractivity contribution < 1.29 is 14.3 Å². The highest BCUT2D eigenvalue weighted by Gasteiger charge is 2.08. The van der Waals surface area contributed by atoms with E-state index in [2.05, 4.69) is 0 Å². The van der Waals surface area contributed by atoms with E-state index in [4.69, 9.17) is 15.2 Å². The van der Waals surface area contributed by atoms with Crippen LogP contribution < -0.4 is 10.5 Å². The van der Waals surface area contributed by atoms with E-state index in [1.807, 2.05) is 12.1 Å². The first-order valence-electron chi connectivity index (χ1n) is 5.85. The Kier molecular flexibility index (Phi) is 6.00. The summed E-state index contributed by atoms with van der Waals surface area (Å²) >= 11 is 0. The van der Waals surface area contributed by atoms with Crippen LogP contribution in [0.2, 0.25) is 0 Å². The van der Waals surface area contributed by atoms with Gasteiger partial charge in [-0.3, -0.25) is 4.79 Å². The molecule has 1 amide bonds.